The number of carbonyl (C=O) groups excluding carboxylic acids is 1. The number of amides is 1. The Morgan fingerprint density at radius 3 is 2.44 bits per heavy atom. The Balaban J connectivity index is 2.08. The average Bonchev–Trinajstić information content (AvgIpc) is 3.01. The Morgan fingerprint density at radius 2 is 1.88 bits per heavy atom. The number of carbonyl (C=O) groups is 1. The van der Waals surface area contributed by atoms with Gasteiger partial charge in [0.2, 0.25) is 11.7 Å². The number of methoxy groups -OCH3 is 1. The molecule has 1 amide bonds. The van der Waals surface area contributed by atoms with Gasteiger partial charge in [0.05, 0.1) is 13.2 Å². The third kappa shape index (κ3) is 4.45. The Labute approximate surface area is 192 Å². The molecular formula is C21H22F5N3O4S. The first-order valence-corrected chi connectivity index (χ1v) is 11.8. The van der Waals surface area contributed by atoms with Crippen molar-refractivity contribution in [3.05, 3.63) is 47.7 Å². The second kappa shape index (κ2) is 8.77. The van der Waals surface area contributed by atoms with Crippen molar-refractivity contribution in [1.29, 1.82) is 0 Å². The van der Waals surface area contributed by atoms with Crippen LogP contribution in [0, 0.1) is 17.6 Å². The molecule has 13 heteroatoms. The van der Waals surface area contributed by atoms with Crippen LogP contribution in [0.1, 0.15) is 25.3 Å². The van der Waals surface area contributed by atoms with Crippen LogP contribution in [0.2, 0.25) is 0 Å². The molecule has 0 radical (unpaired) electrons. The first kappa shape index (κ1) is 25.8. The van der Waals surface area contributed by atoms with E-state index in [9.17, 15) is 35.2 Å². The molecule has 2 N–H and O–H groups in total. The summed E-state index contributed by atoms with van der Waals surface area (Å²) in [6, 6.07) is 2.59. The molecule has 1 aliphatic heterocycles. The molecule has 7 nitrogen and oxygen atoms in total. The standard InChI is InChI=1S/C21H22F5N3O4S/c1-10-15(12-5-6-13(22)16(23)18(12)33-3)17(29-20(10,2)21(24,25)26)19(30)28-11-7-8-27-14(9-11)34(4,31)32/h5-10,15,17,29H,1-4H3,(H,27,28,30)/t10-,15-,17+,20+/m0/s1. The number of benzene rings is 1. The van der Waals surface area contributed by atoms with E-state index in [1.165, 1.54) is 13.0 Å². The average molecular weight is 507 g/mol. The van der Waals surface area contributed by atoms with E-state index in [1.54, 1.807) is 0 Å². The van der Waals surface area contributed by atoms with Gasteiger partial charge in [0, 0.05) is 29.6 Å². The summed E-state index contributed by atoms with van der Waals surface area (Å²) >= 11 is 0. The molecular weight excluding hydrogens is 485 g/mol. The molecule has 0 aliphatic carbocycles. The molecule has 34 heavy (non-hydrogen) atoms. The van der Waals surface area contributed by atoms with Gasteiger partial charge in [-0.2, -0.15) is 17.6 Å². The molecule has 1 aromatic heterocycles. The third-order valence-electron chi connectivity index (χ3n) is 6.16. The van der Waals surface area contributed by atoms with Gasteiger partial charge in [-0.3, -0.25) is 10.1 Å². The monoisotopic (exact) mass is 507 g/mol. The van der Waals surface area contributed by atoms with E-state index >= 15 is 0 Å². The molecule has 0 saturated carbocycles. The summed E-state index contributed by atoms with van der Waals surface area (Å²) in [6.45, 7) is 2.12. The lowest BCUT2D eigenvalue weighted by Gasteiger charge is -2.33. The maximum Gasteiger partial charge on any atom is 0.406 e. The number of ether oxygens (including phenoxy) is 1. The zero-order valence-corrected chi connectivity index (χ0v) is 19.3. The van der Waals surface area contributed by atoms with E-state index in [1.807, 2.05) is 0 Å². The Bertz CT molecular complexity index is 1220. The van der Waals surface area contributed by atoms with E-state index in [4.69, 9.17) is 4.74 Å². The highest BCUT2D eigenvalue weighted by molar-refractivity contribution is 7.90. The molecule has 1 aromatic carbocycles. The summed E-state index contributed by atoms with van der Waals surface area (Å²) in [6.07, 6.45) is -2.78. The quantitative estimate of drug-likeness (QED) is 0.602. The molecule has 3 rings (SSSR count). The number of hydrogen-bond donors (Lipinski definition) is 2. The second-order valence-corrected chi connectivity index (χ2v) is 10.2. The van der Waals surface area contributed by atoms with Gasteiger partial charge in [-0.1, -0.05) is 13.0 Å². The van der Waals surface area contributed by atoms with Gasteiger partial charge in [0.25, 0.3) is 0 Å². The van der Waals surface area contributed by atoms with Crippen molar-refractivity contribution in [2.45, 2.75) is 42.5 Å². The summed E-state index contributed by atoms with van der Waals surface area (Å²) in [5.41, 5.74) is -2.71. The minimum Gasteiger partial charge on any atom is -0.493 e. The van der Waals surface area contributed by atoms with Crippen LogP contribution in [0.25, 0.3) is 0 Å². The number of hydrogen-bond acceptors (Lipinski definition) is 6. The predicted molar refractivity (Wildman–Crippen MR) is 112 cm³/mol. The van der Waals surface area contributed by atoms with Crippen LogP contribution in [0.4, 0.5) is 27.6 Å². The summed E-state index contributed by atoms with van der Waals surface area (Å²) in [5.74, 6) is -6.80. The molecule has 2 heterocycles. The van der Waals surface area contributed by atoms with Crippen molar-refractivity contribution in [3.63, 3.8) is 0 Å². The molecule has 2 aromatic rings. The highest BCUT2D eigenvalue weighted by atomic mass is 32.2. The smallest absolute Gasteiger partial charge is 0.406 e. The first-order valence-electron chi connectivity index (χ1n) is 9.95. The van der Waals surface area contributed by atoms with Crippen molar-refractivity contribution >= 4 is 21.4 Å². The summed E-state index contributed by atoms with van der Waals surface area (Å²) < 4.78 is 98.6. The molecule has 1 saturated heterocycles. The van der Waals surface area contributed by atoms with Gasteiger partial charge < -0.3 is 10.1 Å². The van der Waals surface area contributed by atoms with Crippen LogP contribution in [-0.4, -0.2) is 50.4 Å². The van der Waals surface area contributed by atoms with Gasteiger partial charge in [-0.05, 0) is 31.0 Å². The van der Waals surface area contributed by atoms with Crippen molar-refractivity contribution in [3.8, 4) is 5.75 Å². The number of pyridine rings is 1. The van der Waals surface area contributed by atoms with Gasteiger partial charge >= 0.3 is 6.18 Å². The number of aromatic nitrogens is 1. The lowest BCUT2D eigenvalue weighted by Crippen LogP contribution is -2.56. The number of alkyl halides is 3. The number of rotatable bonds is 5. The number of nitrogens with one attached hydrogen (secondary N) is 2. The number of nitrogens with zero attached hydrogens (tertiary/aromatic N) is 1. The largest absolute Gasteiger partial charge is 0.493 e. The Kier molecular flexibility index (Phi) is 6.66. The zero-order chi connectivity index (χ0) is 25.6. The fourth-order valence-corrected chi connectivity index (χ4v) is 4.73. The van der Waals surface area contributed by atoms with Gasteiger partial charge in [-0.25, -0.2) is 17.8 Å². The van der Waals surface area contributed by atoms with Crippen LogP contribution in [-0.2, 0) is 14.6 Å². The molecule has 186 valence electrons. The molecule has 0 unspecified atom stereocenters. The molecule has 0 bridgehead atoms. The van der Waals surface area contributed by atoms with Crippen LogP contribution < -0.4 is 15.4 Å². The highest BCUT2D eigenvalue weighted by Crippen LogP contribution is 2.51. The van der Waals surface area contributed by atoms with E-state index < -0.39 is 62.7 Å². The number of sulfone groups is 1. The second-order valence-electron chi connectivity index (χ2n) is 8.26. The minimum absolute atomic E-state index is 0.0218. The van der Waals surface area contributed by atoms with E-state index in [0.29, 0.717) is 0 Å². The SMILES string of the molecule is COc1c([C@H]2[C@H](C(=O)Nc3ccnc(S(C)(=O)=O)c3)N[C@@](C)(C(F)(F)F)[C@H]2C)ccc(F)c1F. The van der Waals surface area contributed by atoms with Crippen molar-refractivity contribution in [1.82, 2.24) is 10.3 Å². The molecule has 1 fully saturated rings. The predicted octanol–water partition coefficient (Wildman–Crippen LogP) is 3.42. The van der Waals surface area contributed by atoms with Crippen LogP contribution in [0.5, 0.6) is 5.75 Å². The summed E-state index contributed by atoms with van der Waals surface area (Å²) in [5, 5.41) is 4.35. The topological polar surface area (TPSA) is 97.4 Å². The fourth-order valence-electron chi connectivity index (χ4n) is 4.14. The van der Waals surface area contributed by atoms with Crippen LogP contribution in [0.3, 0.4) is 0 Å². The highest BCUT2D eigenvalue weighted by Gasteiger charge is 2.64. The van der Waals surface area contributed by atoms with Crippen molar-refractivity contribution in [2.75, 3.05) is 18.7 Å². The van der Waals surface area contributed by atoms with Gasteiger partial charge in [0.15, 0.2) is 26.4 Å². The molecule has 4 atom stereocenters. The van der Waals surface area contributed by atoms with E-state index in [0.717, 1.165) is 44.7 Å². The molecule has 0 spiro atoms. The summed E-state index contributed by atoms with van der Waals surface area (Å²) in [4.78, 5) is 16.8. The Hall–Kier alpha value is -2.80. The fraction of sp³-hybridized carbons (Fsp3) is 0.429. The number of anilines is 1. The zero-order valence-electron chi connectivity index (χ0n) is 18.5. The van der Waals surface area contributed by atoms with Crippen molar-refractivity contribution in [2.24, 2.45) is 5.92 Å². The number of halogens is 5. The van der Waals surface area contributed by atoms with Crippen molar-refractivity contribution < 1.29 is 39.9 Å². The minimum atomic E-state index is -4.80. The summed E-state index contributed by atoms with van der Waals surface area (Å²) in [7, 11) is -2.68. The normalized spacial score (nSPS) is 25.3. The lowest BCUT2D eigenvalue weighted by molar-refractivity contribution is -0.198. The third-order valence-corrected chi connectivity index (χ3v) is 7.14. The van der Waals surface area contributed by atoms with Gasteiger partial charge in [0.1, 0.15) is 5.54 Å². The van der Waals surface area contributed by atoms with E-state index in [2.05, 4.69) is 15.6 Å². The lowest BCUT2D eigenvalue weighted by atomic mass is 9.76. The van der Waals surface area contributed by atoms with Crippen LogP contribution in [0.15, 0.2) is 35.5 Å². The van der Waals surface area contributed by atoms with Gasteiger partial charge in [-0.15, -0.1) is 0 Å². The maximum atomic E-state index is 14.4. The maximum absolute atomic E-state index is 14.4. The van der Waals surface area contributed by atoms with E-state index in [-0.39, 0.29) is 16.3 Å². The Morgan fingerprint density at radius 1 is 1.24 bits per heavy atom. The van der Waals surface area contributed by atoms with Crippen LogP contribution >= 0.6 is 0 Å². The first-order chi connectivity index (χ1) is 15.6. The molecule has 1 aliphatic rings.